The Morgan fingerprint density at radius 2 is 1.81 bits per heavy atom. The minimum absolute atomic E-state index is 0.115. The lowest BCUT2D eigenvalue weighted by Gasteiger charge is -2.20. The highest BCUT2D eigenvalue weighted by Gasteiger charge is 2.26. The average Bonchev–Trinajstić information content (AvgIpc) is 3.17. The molecule has 4 aromatic rings. The summed E-state index contributed by atoms with van der Waals surface area (Å²) in [4.78, 5) is 34.1. The van der Waals surface area contributed by atoms with Crippen molar-refractivity contribution in [2.45, 2.75) is 6.92 Å². The number of nitrogens with one attached hydrogen (secondary N) is 1. The van der Waals surface area contributed by atoms with E-state index in [9.17, 15) is 14.7 Å². The second kappa shape index (κ2) is 8.45. The summed E-state index contributed by atoms with van der Waals surface area (Å²) < 4.78 is 1.30. The maximum absolute atomic E-state index is 12.7. The molecule has 162 valence electrons. The average molecular weight is 471 g/mol. The molecule has 0 atom stereocenters. The molecule has 2 heterocycles. The second-order valence-electron chi connectivity index (χ2n) is 6.83. The standard InChI is InChI=1S/C21H16Cl2N6O3/c1-11-16(28(2)21(31)32)17(14-9-8-12(22)10-15(14)23)29-20(24-11)26-18(27-29)19(30)25-13-6-4-3-5-7-13/h3-10H,1-2H3,(H,25,30)(H,31,32). The molecule has 2 aromatic carbocycles. The van der Waals surface area contributed by atoms with Gasteiger partial charge in [-0.15, -0.1) is 5.10 Å². The molecule has 0 saturated carbocycles. The van der Waals surface area contributed by atoms with Crippen LogP contribution in [0.4, 0.5) is 16.2 Å². The number of carbonyl (C=O) groups is 2. The number of para-hydroxylation sites is 1. The van der Waals surface area contributed by atoms with Gasteiger partial charge in [0.2, 0.25) is 5.82 Å². The first-order valence-electron chi connectivity index (χ1n) is 9.32. The third-order valence-corrected chi connectivity index (χ3v) is 5.23. The Morgan fingerprint density at radius 1 is 1.09 bits per heavy atom. The Hall–Kier alpha value is -3.69. The van der Waals surface area contributed by atoms with Crippen LogP contribution in [0, 0.1) is 6.92 Å². The molecule has 0 fully saturated rings. The molecule has 0 unspecified atom stereocenters. The fraction of sp³-hybridized carbons (Fsp3) is 0.0952. The van der Waals surface area contributed by atoms with Crippen molar-refractivity contribution in [3.63, 3.8) is 0 Å². The van der Waals surface area contributed by atoms with Gasteiger partial charge in [0.05, 0.1) is 16.4 Å². The first-order valence-corrected chi connectivity index (χ1v) is 10.1. The molecule has 0 aliphatic rings. The molecule has 2 N–H and O–H groups in total. The van der Waals surface area contributed by atoms with E-state index in [1.165, 1.54) is 17.6 Å². The number of carboxylic acid groups (broad SMARTS) is 1. The number of carbonyl (C=O) groups excluding carboxylic acids is 1. The van der Waals surface area contributed by atoms with Crippen molar-refractivity contribution < 1.29 is 14.7 Å². The lowest BCUT2D eigenvalue weighted by Crippen LogP contribution is -2.26. The zero-order chi connectivity index (χ0) is 23.0. The van der Waals surface area contributed by atoms with Crippen molar-refractivity contribution in [3.8, 4) is 11.3 Å². The fourth-order valence-electron chi connectivity index (χ4n) is 3.23. The molecule has 9 nitrogen and oxygen atoms in total. The highest BCUT2D eigenvalue weighted by atomic mass is 35.5. The maximum atomic E-state index is 12.7. The first-order chi connectivity index (χ1) is 15.3. The molecule has 2 aromatic heterocycles. The molecule has 0 aliphatic carbocycles. The Morgan fingerprint density at radius 3 is 2.47 bits per heavy atom. The molecule has 32 heavy (non-hydrogen) atoms. The summed E-state index contributed by atoms with van der Waals surface area (Å²) in [5, 5.41) is 17.3. The van der Waals surface area contributed by atoms with Gasteiger partial charge in [0.15, 0.2) is 0 Å². The molecule has 0 aliphatic heterocycles. The summed E-state index contributed by atoms with van der Waals surface area (Å²) >= 11 is 12.5. The Balaban J connectivity index is 1.93. The molecular formula is C21H16Cl2N6O3. The summed E-state index contributed by atoms with van der Waals surface area (Å²) in [5.41, 5.74) is 1.95. The van der Waals surface area contributed by atoms with E-state index in [1.807, 2.05) is 6.07 Å². The predicted octanol–water partition coefficient (Wildman–Crippen LogP) is 4.77. The number of hydrogen-bond donors (Lipinski definition) is 2. The summed E-state index contributed by atoms with van der Waals surface area (Å²) in [6.45, 7) is 1.64. The summed E-state index contributed by atoms with van der Waals surface area (Å²) in [7, 11) is 1.38. The number of rotatable bonds is 4. The van der Waals surface area contributed by atoms with Gasteiger partial charge in [-0.2, -0.15) is 9.50 Å². The van der Waals surface area contributed by atoms with Crippen molar-refractivity contribution in [1.82, 2.24) is 19.6 Å². The minimum Gasteiger partial charge on any atom is -0.465 e. The van der Waals surface area contributed by atoms with E-state index in [1.54, 1.807) is 43.3 Å². The molecule has 0 bridgehead atoms. The fourth-order valence-corrected chi connectivity index (χ4v) is 3.72. The van der Waals surface area contributed by atoms with E-state index in [0.717, 1.165) is 4.90 Å². The van der Waals surface area contributed by atoms with Crippen molar-refractivity contribution in [3.05, 3.63) is 70.1 Å². The van der Waals surface area contributed by atoms with Crippen LogP contribution in [0.15, 0.2) is 48.5 Å². The Bertz CT molecular complexity index is 1360. The summed E-state index contributed by atoms with van der Waals surface area (Å²) in [5.74, 6) is -0.563. The largest absolute Gasteiger partial charge is 0.465 e. The van der Waals surface area contributed by atoms with Crippen LogP contribution in [0.2, 0.25) is 10.0 Å². The van der Waals surface area contributed by atoms with E-state index in [2.05, 4.69) is 20.4 Å². The van der Waals surface area contributed by atoms with Crippen LogP contribution in [-0.4, -0.2) is 43.7 Å². The lowest BCUT2D eigenvalue weighted by molar-refractivity contribution is 0.101. The molecule has 2 amide bonds. The number of halogens is 2. The van der Waals surface area contributed by atoms with E-state index in [0.29, 0.717) is 27.7 Å². The second-order valence-corrected chi connectivity index (χ2v) is 7.67. The van der Waals surface area contributed by atoms with E-state index >= 15 is 0 Å². The van der Waals surface area contributed by atoms with Gasteiger partial charge in [-0.1, -0.05) is 41.4 Å². The zero-order valence-corrected chi connectivity index (χ0v) is 18.4. The normalized spacial score (nSPS) is 10.9. The third-order valence-electron chi connectivity index (χ3n) is 4.68. The highest BCUT2D eigenvalue weighted by molar-refractivity contribution is 6.36. The van der Waals surface area contributed by atoms with Gasteiger partial charge < -0.3 is 10.4 Å². The van der Waals surface area contributed by atoms with Crippen LogP contribution in [0.25, 0.3) is 17.0 Å². The van der Waals surface area contributed by atoms with Crippen molar-refractivity contribution in [2.75, 3.05) is 17.3 Å². The quantitative estimate of drug-likeness (QED) is 0.443. The van der Waals surface area contributed by atoms with Crippen LogP contribution in [0.1, 0.15) is 16.3 Å². The number of nitrogens with zero attached hydrogens (tertiary/aromatic N) is 5. The number of benzene rings is 2. The highest BCUT2D eigenvalue weighted by Crippen LogP contribution is 2.37. The number of aryl methyl sites for hydroxylation is 1. The number of anilines is 2. The van der Waals surface area contributed by atoms with Crippen LogP contribution >= 0.6 is 23.2 Å². The number of hydrogen-bond acceptors (Lipinski definition) is 5. The molecule has 0 saturated heterocycles. The summed E-state index contributed by atoms with van der Waals surface area (Å²) in [6.07, 6.45) is -1.21. The molecule has 4 rings (SSSR count). The van der Waals surface area contributed by atoms with Gasteiger partial charge in [0.25, 0.3) is 11.7 Å². The maximum Gasteiger partial charge on any atom is 0.411 e. The first kappa shape index (κ1) is 21.5. The SMILES string of the molecule is Cc1nc2nc(C(=O)Nc3ccccc3)nn2c(-c2ccc(Cl)cc2Cl)c1N(C)C(=O)O. The monoisotopic (exact) mass is 470 g/mol. The van der Waals surface area contributed by atoms with Crippen LogP contribution < -0.4 is 10.2 Å². The molecule has 11 heteroatoms. The van der Waals surface area contributed by atoms with Crippen LogP contribution in [0.5, 0.6) is 0 Å². The van der Waals surface area contributed by atoms with Crippen molar-refractivity contribution >= 4 is 52.4 Å². The van der Waals surface area contributed by atoms with E-state index in [-0.39, 0.29) is 22.3 Å². The van der Waals surface area contributed by atoms with Crippen molar-refractivity contribution in [1.29, 1.82) is 0 Å². The topological polar surface area (TPSA) is 113 Å². The van der Waals surface area contributed by atoms with Crippen LogP contribution in [-0.2, 0) is 0 Å². The van der Waals surface area contributed by atoms with Crippen LogP contribution in [0.3, 0.4) is 0 Å². The van der Waals surface area contributed by atoms with Crippen molar-refractivity contribution in [2.24, 2.45) is 0 Å². The van der Waals surface area contributed by atoms with E-state index < -0.39 is 12.0 Å². The number of amides is 2. The number of fused-ring (bicyclic) bond motifs is 1. The van der Waals surface area contributed by atoms with Gasteiger partial charge in [0, 0.05) is 23.3 Å². The smallest absolute Gasteiger partial charge is 0.411 e. The zero-order valence-electron chi connectivity index (χ0n) is 16.9. The minimum atomic E-state index is -1.21. The molecule has 0 spiro atoms. The van der Waals surface area contributed by atoms with E-state index in [4.69, 9.17) is 23.2 Å². The van der Waals surface area contributed by atoms with Gasteiger partial charge in [-0.25, -0.2) is 9.78 Å². The molecular weight excluding hydrogens is 455 g/mol. The van der Waals surface area contributed by atoms with Gasteiger partial charge in [-0.3, -0.25) is 9.69 Å². The predicted molar refractivity (Wildman–Crippen MR) is 122 cm³/mol. The van der Waals surface area contributed by atoms with Gasteiger partial charge in [-0.05, 0) is 37.3 Å². The molecule has 0 radical (unpaired) electrons. The van der Waals surface area contributed by atoms with Gasteiger partial charge >= 0.3 is 6.09 Å². The third kappa shape index (κ3) is 3.95. The number of aromatic nitrogens is 4. The summed E-state index contributed by atoms with van der Waals surface area (Å²) in [6, 6.07) is 13.7. The Labute approximate surface area is 192 Å². The Kier molecular flexibility index (Phi) is 5.68. The van der Waals surface area contributed by atoms with Gasteiger partial charge in [0.1, 0.15) is 5.69 Å². The lowest BCUT2D eigenvalue weighted by atomic mass is 10.1.